The van der Waals surface area contributed by atoms with Crippen LogP contribution in [0.3, 0.4) is 0 Å². The summed E-state index contributed by atoms with van der Waals surface area (Å²) < 4.78 is 55.2. The van der Waals surface area contributed by atoms with Crippen molar-refractivity contribution >= 4 is 73.7 Å². The van der Waals surface area contributed by atoms with E-state index in [1.807, 2.05) is 4.72 Å². The Morgan fingerprint density at radius 2 is 1.64 bits per heavy atom. The van der Waals surface area contributed by atoms with Crippen LogP contribution in [-0.2, 0) is 14.8 Å². The number of amides is 2. The van der Waals surface area contributed by atoms with Gasteiger partial charge in [0.05, 0.1) is 27.1 Å². The van der Waals surface area contributed by atoms with Crippen LogP contribution in [0.2, 0.25) is 5.02 Å². The van der Waals surface area contributed by atoms with E-state index in [4.69, 9.17) is 34.8 Å². The van der Waals surface area contributed by atoms with Crippen molar-refractivity contribution in [2.24, 2.45) is 5.92 Å². The minimum atomic E-state index is -4.31. The Bertz CT molecular complexity index is 1470. The van der Waals surface area contributed by atoms with Gasteiger partial charge in [0.15, 0.2) is 5.82 Å². The second-order valence-corrected chi connectivity index (χ2v) is 11.5. The van der Waals surface area contributed by atoms with Gasteiger partial charge >= 0.3 is 0 Å². The molecule has 1 aliphatic carbocycles. The minimum absolute atomic E-state index is 0.0199. The fourth-order valence-electron chi connectivity index (χ4n) is 3.23. The SMILES string of the molecule is O=C(Nc1ccc(F)c(NS(=O)(=O)c2ccccc2)c1F)c1cc(NC(=O)C2CC2(Cl)Cl)ccc1Cl. The van der Waals surface area contributed by atoms with Crippen LogP contribution in [0.4, 0.5) is 25.8 Å². The summed E-state index contributed by atoms with van der Waals surface area (Å²) in [6.07, 6.45) is 0.281. The summed E-state index contributed by atoms with van der Waals surface area (Å²) in [5.74, 6) is -4.50. The summed E-state index contributed by atoms with van der Waals surface area (Å²) in [6.45, 7) is 0. The van der Waals surface area contributed by atoms with Crippen LogP contribution in [0.25, 0.3) is 0 Å². The molecule has 0 bridgehead atoms. The standard InChI is InChI=1S/C23H16Cl3F2N3O4S/c24-16-7-6-12(29-22(33)15-11-23(15,25)26)10-14(16)21(32)30-18-9-8-17(27)20(19(18)28)31-36(34,35)13-4-2-1-3-5-13/h1-10,15,31H,11H2,(H,29,33)(H,30,32). The molecule has 1 fully saturated rings. The van der Waals surface area contributed by atoms with Gasteiger partial charge in [-0.25, -0.2) is 17.2 Å². The molecule has 1 atom stereocenters. The topological polar surface area (TPSA) is 104 Å². The average molecular weight is 575 g/mol. The van der Waals surface area contributed by atoms with Crippen molar-refractivity contribution in [3.05, 3.63) is 82.9 Å². The lowest BCUT2D eigenvalue weighted by Crippen LogP contribution is -2.19. The van der Waals surface area contributed by atoms with Crippen LogP contribution in [0, 0.1) is 17.6 Å². The van der Waals surface area contributed by atoms with E-state index in [-0.39, 0.29) is 27.6 Å². The number of hydrogen-bond donors (Lipinski definition) is 3. The Balaban J connectivity index is 1.55. The first-order valence-corrected chi connectivity index (χ1v) is 12.9. The second kappa shape index (κ2) is 9.85. The number of hydrogen-bond acceptors (Lipinski definition) is 4. The summed E-state index contributed by atoms with van der Waals surface area (Å²) in [4.78, 5) is 24.8. The van der Waals surface area contributed by atoms with Gasteiger partial charge in [-0.2, -0.15) is 0 Å². The largest absolute Gasteiger partial charge is 0.326 e. The first-order chi connectivity index (χ1) is 16.9. The van der Waals surface area contributed by atoms with Gasteiger partial charge in [0.1, 0.15) is 15.8 Å². The van der Waals surface area contributed by atoms with Crippen molar-refractivity contribution in [2.75, 3.05) is 15.4 Å². The molecule has 13 heteroatoms. The van der Waals surface area contributed by atoms with Gasteiger partial charge in [0, 0.05) is 5.69 Å². The molecule has 1 aliphatic rings. The van der Waals surface area contributed by atoms with Crippen LogP contribution in [0.5, 0.6) is 0 Å². The van der Waals surface area contributed by atoms with Crippen LogP contribution >= 0.6 is 34.8 Å². The van der Waals surface area contributed by atoms with Crippen molar-refractivity contribution in [3.63, 3.8) is 0 Å². The number of carbonyl (C=O) groups excluding carboxylic acids is 2. The molecule has 0 aromatic heterocycles. The molecule has 0 saturated heterocycles. The lowest BCUT2D eigenvalue weighted by molar-refractivity contribution is -0.117. The summed E-state index contributed by atoms with van der Waals surface area (Å²) in [7, 11) is -4.31. The molecule has 4 rings (SSSR count). The minimum Gasteiger partial charge on any atom is -0.326 e. The molecule has 0 aliphatic heterocycles. The van der Waals surface area contributed by atoms with Gasteiger partial charge in [-0.1, -0.05) is 29.8 Å². The maximum atomic E-state index is 15.1. The molecule has 0 radical (unpaired) electrons. The molecule has 3 aromatic carbocycles. The van der Waals surface area contributed by atoms with Gasteiger partial charge in [0.2, 0.25) is 5.91 Å². The zero-order chi connectivity index (χ0) is 26.3. The van der Waals surface area contributed by atoms with Crippen LogP contribution in [-0.4, -0.2) is 24.6 Å². The predicted octanol–water partition coefficient (Wildman–Crippen LogP) is 5.80. The Kier molecular flexibility index (Phi) is 7.16. The summed E-state index contributed by atoms with van der Waals surface area (Å²) in [6, 6.07) is 12.7. The number of sulfonamides is 1. The third-order valence-corrected chi connectivity index (χ3v) is 7.78. The van der Waals surface area contributed by atoms with Crippen LogP contribution < -0.4 is 15.4 Å². The van der Waals surface area contributed by atoms with Crippen molar-refractivity contribution < 1.29 is 26.8 Å². The Labute approximate surface area is 219 Å². The average Bonchev–Trinajstić information content (AvgIpc) is 3.48. The molecule has 0 heterocycles. The quantitative estimate of drug-likeness (QED) is 0.310. The number of benzene rings is 3. The van der Waals surface area contributed by atoms with Gasteiger partial charge < -0.3 is 10.6 Å². The molecule has 188 valence electrons. The lowest BCUT2D eigenvalue weighted by Gasteiger charge is -2.14. The van der Waals surface area contributed by atoms with E-state index in [2.05, 4.69) is 10.6 Å². The molecule has 3 aromatic rings. The van der Waals surface area contributed by atoms with Gasteiger partial charge in [-0.3, -0.25) is 14.3 Å². The highest BCUT2D eigenvalue weighted by Gasteiger charge is 2.56. The lowest BCUT2D eigenvalue weighted by atomic mass is 10.1. The van der Waals surface area contributed by atoms with Crippen LogP contribution in [0.15, 0.2) is 65.6 Å². The van der Waals surface area contributed by atoms with E-state index in [0.717, 1.165) is 12.1 Å². The first-order valence-electron chi connectivity index (χ1n) is 10.2. The van der Waals surface area contributed by atoms with E-state index in [1.165, 1.54) is 42.5 Å². The van der Waals surface area contributed by atoms with Crippen molar-refractivity contribution in [1.29, 1.82) is 0 Å². The van der Waals surface area contributed by atoms with E-state index >= 15 is 4.39 Å². The van der Waals surface area contributed by atoms with Crippen LogP contribution in [0.1, 0.15) is 16.8 Å². The fourth-order valence-corrected chi connectivity index (χ4v) is 5.03. The Hall–Kier alpha value is -2.92. The predicted molar refractivity (Wildman–Crippen MR) is 134 cm³/mol. The van der Waals surface area contributed by atoms with Crippen molar-refractivity contribution in [3.8, 4) is 0 Å². The number of carbonyl (C=O) groups is 2. The van der Waals surface area contributed by atoms with E-state index in [0.29, 0.717) is 0 Å². The highest BCUT2D eigenvalue weighted by molar-refractivity contribution is 7.92. The summed E-state index contributed by atoms with van der Waals surface area (Å²) in [5, 5.41) is 4.78. The number of alkyl halides is 2. The third kappa shape index (κ3) is 5.57. The second-order valence-electron chi connectivity index (χ2n) is 7.86. The Morgan fingerprint density at radius 3 is 2.28 bits per heavy atom. The van der Waals surface area contributed by atoms with Crippen molar-refractivity contribution in [1.82, 2.24) is 0 Å². The molecule has 1 unspecified atom stereocenters. The number of halogens is 5. The Morgan fingerprint density at radius 1 is 0.972 bits per heavy atom. The van der Waals surface area contributed by atoms with Crippen molar-refractivity contribution in [2.45, 2.75) is 15.6 Å². The van der Waals surface area contributed by atoms with Gasteiger partial charge in [-0.05, 0) is 48.9 Å². The van der Waals surface area contributed by atoms with E-state index in [1.54, 1.807) is 6.07 Å². The monoisotopic (exact) mass is 573 g/mol. The maximum Gasteiger partial charge on any atom is 0.262 e. The maximum absolute atomic E-state index is 15.1. The number of rotatable bonds is 7. The molecular formula is C23H16Cl3F2N3O4S. The number of nitrogens with one attached hydrogen (secondary N) is 3. The molecule has 2 amide bonds. The van der Waals surface area contributed by atoms with E-state index in [9.17, 15) is 22.4 Å². The molecule has 0 spiro atoms. The summed E-state index contributed by atoms with van der Waals surface area (Å²) >= 11 is 17.9. The molecule has 3 N–H and O–H groups in total. The summed E-state index contributed by atoms with van der Waals surface area (Å²) in [5.41, 5.74) is -1.41. The highest BCUT2D eigenvalue weighted by Crippen LogP contribution is 2.53. The normalized spacial score (nSPS) is 16.2. The molecular weight excluding hydrogens is 559 g/mol. The van der Waals surface area contributed by atoms with Gasteiger partial charge in [-0.15, -0.1) is 23.2 Å². The third-order valence-electron chi connectivity index (χ3n) is 5.25. The zero-order valence-corrected chi connectivity index (χ0v) is 21.1. The molecule has 36 heavy (non-hydrogen) atoms. The van der Waals surface area contributed by atoms with E-state index < -0.39 is 55.1 Å². The van der Waals surface area contributed by atoms with Gasteiger partial charge in [0.25, 0.3) is 15.9 Å². The number of anilines is 3. The first kappa shape index (κ1) is 26.2. The fraction of sp³-hybridized carbons (Fsp3) is 0.130. The zero-order valence-electron chi connectivity index (χ0n) is 18.0. The highest BCUT2D eigenvalue weighted by atomic mass is 35.5. The molecule has 7 nitrogen and oxygen atoms in total. The molecule has 1 saturated carbocycles. The smallest absolute Gasteiger partial charge is 0.262 e.